The van der Waals surface area contributed by atoms with E-state index in [9.17, 15) is 26.4 Å². The molecule has 0 spiro atoms. The minimum absolute atomic E-state index is 0.0279. The van der Waals surface area contributed by atoms with Crippen molar-refractivity contribution < 1.29 is 26.4 Å². The highest BCUT2D eigenvalue weighted by atomic mass is 32.2. The third kappa shape index (κ3) is 5.96. The number of nitrogens with zero attached hydrogens (tertiary/aromatic N) is 5. The molecule has 230 valence electrons. The lowest BCUT2D eigenvalue weighted by Crippen LogP contribution is -2.46. The lowest BCUT2D eigenvalue weighted by atomic mass is 10.1. The van der Waals surface area contributed by atoms with Gasteiger partial charge in [0, 0.05) is 56.3 Å². The van der Waals surface area contributed by atoms with E-state index in [1.165, 1.54) is 4.90 Å². The number of halogens is 3. The van der Waals surface area contributed by atoms with E-state index >= 15 is 0 Å². The molecule has 43 heavy (non-hydrogen) atoms. The predicted octanol–water partition coefficient (Wildman–Crippen LogP) is 5.06. The number of hydrogen-bond donors (Lipinski definition) is 1. The van der Waals surface area contributed by atoms with Gasteiger partial charge in [-0.3, -0.25) is 4.79 Å². The standard InChI is InChI=1S/C29H33F3N6O3S2/c1-3-18-15-20(37-11-9-36(4-2)10-12-37)7-8-22(18)34-28-33-17-21(29(30,31)32)25(35-28)23-16-24-26(42-23)27(39)38(19-5-6-19)13-14-43(24,40)41/h7-8,15-17,19H,3-6,9-14H2,1-2H3,(H,33,34,35). The van der Waals surface area contributed by atoms with E-state index in [1.807, 2.05) is 19.1 Å². The van der Waals surface area contributed by atoms with Crippen LogP contribution in [0.25, 0.3) is 10.6 Å². The SMILES string of the molecule is CCc1cc(N2CCN(CC)CC2)ccc1Nc1ncc(C(F)(F)F)c(-c2cc3c(s2)C(=O)N(C2CC2)CCS3(=O)=O)n1. The van der Waals surface area contributed by atoms with Crippen LogP contribution in [0.5, 0.6) is 0 Å². The largest absolute Gasteiger partial charge is 0.420 e. The van der Waals surface area contributed by atoms with Gasteiger partial charge < -0.3 is 20.0 Å². The van der Waals surface area contributed by atoms with E-state index in [4.69, 9.17) is 0 Å². The molecule has 2 aliphatic heterocycles. The van der Waals surface area contributed by atoms with Crippen LogP contribution in [-0.4, -0.2) is 85.2 Å². The Labute approximate surface area is 252 Å². The van der Waals surface area contributed by atoms with Crippen molar-refractivity contribution >= 4 is 44.4 Å². The molecule has 1 amide bonds. The number of amides is 1. The van der Waals surface area contributed by atoms with Gasteiger partial charge in [-0.1, -0.05) is 13.8 Å². The minimum Gasteiger partial charge on any atom is -0.369 e. The number of anilines is 3. The molecule has 3 aromatic rings. The molecule has 0 unspecified atom stereocenters. The summed E-state index contributed by atoms with van der Waals surface area (Å²) in [5.41, 5.74) is 1.14. The van der Waals surface area contributed by atoms with Crippen molar-refractivity contribution in [2.45, 2.75) is 50.2 Å². The summed E-state index contributed by atoms with van der Waals surface area (Å²) in [6.45, 7) is 9.04. The number of piperazine rings is 1. The van der Waals surface area contributed by atoms with Gasteiger partial charge >= 0.3 is 6.18 Å². The molecule has 2 aromatic heterocycles. The number of nitrogens with one attached hydrogen (secondary N) is 1. The van der Waals surface area contributed by atoms with Crippen LogP contribution in [0.4, 0.5) is 30.5 Å². The lowest BCUT2D eigenvalue weighted by molar-refractivity contribution is -0.137. The van der Waals surface area contributed by atoms with Gasteiger partial charge in [0.25, 0.3) is 5.91 Å². The summed E-state index contributed by atoms with van der Waals surface area (Å²) >= 11 is 0.736. The molecule has 4 heterocycles. The first-order valence-electron chi connectivity index (χ1n) is 14.5. The molecule has 1 aliphatic carbocycles. The molecular weight excluding hydrogens is 601 g/mol. The molecule has 1 aromatic carbocycles. The van der Waals surface area contributed by atoms with E-state index in [2.05, 4.69) is 38.1 Å². The Morgan fingerprint density at radius 1 is 1.07 bits per heavy atom. The Kier molecular flexibility index (Phi) is 7.88. The minimum atomic E-state index is -4.80. The van der Waals surface area contributed by atoms with Gasteiger partial charge in [-0.05, 0) is 55.6 Å². The molecule has 1 saturated carbocycles. The molecule has 0 atom stereocenters. The van der Waals surface area contributed by atoms with Crippen LogP contribution in [0.1, 0.15) is 47.5 Å². The Bertz CT molecular complexity index is 1650. The molecule has 1 N–H and O–H groups in total. The van der Waals surface area contributed by atoms with Crippen molar-refractivity contribution in [3.8, 4) is 10.6 Å². The molecule has 0 bridgehead atoms. The molecule has 2 fully saturated rings. The van der Waals surface area contributed by atoms with Crippen LogP contribution in [-0.2, 0) is 22.4 Å². The van der Waals surface area contributed by atoms with Crippen LogP contribution in [0.15, 0.2) is 35.4 Å². The van der Waals surface area contributed by atoms with Crippen LogP contribution < -0.4 is 10.2 Å². The number of hydrogen-bond acceptors (Lipinski definition) is 9. The third-order valence-corrected chi connectivity index (χ3v) is 11.3. The summed E-state index contributed by atoms with van der Waals surface area (Å²) in [5.74, 6) is -0.787. The summed E-state index contributed by atoms with van der Waals surface area (Å²) in [4.78, 5) is 27.4. The highest BCUT2D eigenvalue weighted by molar-refractivity contribution is 7.91. The monoisotopic (exact) mass is 634 g/mol. The number of alkyl halides is 3. The van der Waals surface area contributed by atoms with Gasteiger partial charge in [0.1, 0.15) is 10.4 Å². The highest BCUT2D eigenvalue weighted by Crippen LogP contribution is 2.43. The first-order valence-corrected chi connectivity index (χ1v) is 16.9. The molecule has 9 nitrogen and oxygen atoms in total. The maximum absolute atomic E-state index is 14.1. The number of carbonyl (C=O) groups is 1. The fraction of sp³-hybridized carbons (Fsp3) is 0.483. The quantitative estimate of drug-likeness (QED) is 0.385. The number of rotatable bonds is 7. The van der Waals surface area contributed by atoms with E-state index in [0.29, 0.717) is 18.3 Å². The number of carbonyl (C=O) groups excluding carboxylic acids is 1. The van der Waals surface area contributed by atoms with Crippen LogP contribution >= 0.6 is 11.3 Å². The maximum Gasteiger partial charge on any atom is 0.420 e. The normalized spacial score (nSPS) is 19.3. The van der Waals surface area contributed by atoms with Gasteiger partial charge in [0.05, 0.1) is 21.2 Å². The average molecular weight is 635 g/mol. The molecule has 14 heteroatoms. The Balaban J connectivity index is 1.34. The Morgan fingerprint density at radius 3 is 2.47 bits per heavy atom. The predicted molar refractivity (Wildman–Crippen MR) is 160 cm³/mol. The van der Waals surface area contributed by atoms with Crippen LogP contribution in [0.2, 0.25) is 0 Å². The van der Waals surface area contributed by atoms with Gasteiger partial charge in [0.2, 0.25) is 5.95 Å². The van der Waals surface area contributed by atoms with Crippen molar-refractivity contribution in [3.63, 3.8) is 0 Å². The number of aromatic nitrogens is 2. The molecule has 6 rings (SSSR count). The molecule has 1 saturated heterocycles. The van der Waals surface area contributed by atoms with Crippen molar-refractivity contribution in [2.75, 3.05) is 55.2 Å². The smallest absolute Gasteiger partial charge is 0.369 e. The zero-order valence-electron chi connectivity index (χ0n) is 23.9. The first-order chi connectivity index (χ1) is 20.5. The zero-order chi connectivity index (χ0) is 30.5. The van der Waals surface area contributed by atoms with E-state index in [0.717, 1.165) is 74.2 Å². The topological polar surface area (TPSA) is 98.7 Å². The first kappa shape index (κ1) is 29.8. The maximum atomic E-state index is 14.1. The van der Waals surface area contributed by atoms with Crippen molar-refractivity contribution in [1.82, 2.24) is 19.8 Å². The third-order valence-electron chi connectivity index (χ3n) is 8.31. The highest BCUT2D eigenvalue weighted by Gasteiger charge is 2.41. The van der Waals surface area contributed by atoms with Gasteiger partial charge in [-0.15, -0.1) is 11.3 Å². The Morgan fingerprint density at radius 2 is 1.81 bits per heavy atom. The second-order valence-electron chi connectivity index (χ2n) is 11.0. The van der Waals surface area contributed by atoms with Gasteiger partial charge in [0.15, 0.2) is 9.84 Å². The summed E-state index contributed by atoms with van der Waals surface area (Å²) in [7, 11) is -3.87. The number of likely N-dealkylation sites (N-methyl/N-ethyl adjacent to an activating group) is 1. The second-order valence-corrected chi connectivity index (χ2v) is 14.2. The molecule has 0 radical (unpaired) electrons. The summed E-state index contributed by atoms with van der Waals surface area (Å²) in [6.07, 6.45) is -1.84. The van der Waals surface area contributed by atoms with Crippen LogP contribution in [0.3, 0.4) is 0 Å². The van der Waals surface area contributed by atoms with Gasteiger partial charge in [-0.2, -0.15) is 13.2 Å². The van der Waals surface area contributed by atoms with Crippen LogP contribution in [0, 0.1) is 0 Å². The number of benzene rings is 1. The number of thiophene rings is 1. The van der Waals surface area contributed by atoms with Crippen molar-refractivity contribution in [1.29, 1.82) is 0 Å². The van der Waals surface area contributed by atoms with Crippen molar-refractivity contribution in [2.24, 2.45) is 0 Å². The van der Waals surface area contributed by atoms with E-state index in [-0.39, 0.29) is 38.9 Å². The number of sulfone groups is 1. The molecular formula is C29H33F3N6O3S2. The number of aryl methyl sites for hydroxylation is 1. The van der Waals surface area contributed by atoms with E-state index < -0.39 is 33.2 Å². The number of fused-ring (bicyclic) bond motifs is 1. The summed E-state index contributed by atoms with van der Waals surface area (Å²) in [6, 6.07) is 7.07. The fourth-order valence-corrected chi connectivity index (χ4v) is 8.56. The zero-order valence-corrected chi connectivity index (χ0v) is 25.6. The summed E-state index contributed by atoms with van der Waals surface area (Å²) in [5, 5.41) is 3.08. The second kappa shape index (κ2) is 11.4. The Hall–Kier alpha value is -3.23. The van der Waals surface area contributed by atoms with Gasteiger partial charge in [-0.25, -0.2) is 18.4 Å². The fourth-order valence-electron chi connectivity index (χ4n) is 5.64. The lowest BCUT2D eigenvalue weighted by Gasteiger charge is -2.35. The average Bonchev–Trinajstić information content (AvgIpc) is 3.73. The molecule has 3 aliphatic rings. The summed E-state index contributed by atoms with van der Waals surface area (Å²) < 4.78 is 68.5. The van der Waals surface area contributed by atoms with E-state index in [1.54, 1.807) is 0 Å². The van der Waals surface area contributed by atoms with Crippen molar-refractivity contribution in [3.05, 3.63) is 46.5 Å².